The van der Waals surface area contributed by atoms with Crippen LogP contribution in [0.2, 0.25) is 0 Å². The minimum absolute atomic E-state index is 0.281. The number of carbonyl (C=O) groups is 2. The molecule has 156 valence electrons. The van der Waals surface area contributed by atoms with Gasteiger partial charge in [-0.15, -0.1) is 11.3 Å². The number of ether oxygens (including phenoxy) is 3. The van der Waals surface area contributed by atoms with Crippen molar-refractivity contribution in [2.75, 3.05) is 25.6 Å². The molecule has 0 spiro atoms. The van der Waals surface area contributed by atoms with Gasteiger partial charge in [0.25, 0.3) is 0 Å². The van der Waals surface area contributed by atoms with Crippen LogP contribution in [0.1, 0.15) is 48.0 Å². The van der Waals surface area contributed by atoms with E-state index >= 15 is 0 Å². The molecule has 1 amide bonds. The Balaban J connectivity index is 2.12. The lowest BCUT2D eigenvalue weighted by Gasteiger charge is -2.10. The standard InChI is InChI=1S/C22H27NO5S/c1-5-12-28-18-10-8-15(13-19(18)26-4)9-11-20(24)23-21-17(22(25)27-7-3)14-16(6-2)29-21/h8-11,13-14H,5-7,12H2,1-4H3,(H,23,24). The molecule has 2 aromatic rings. The lowest BCUT2D eigenvalue weighted by Crippen LogP contribution is -2.11. The topological polar surface area (TPSA) is 73.9 Å². The van der Waals surface area contributed by atoms with Crippen LogP contribution in [0.3, 0.4) is 0 Å². The molecule has 1 N–H and O–H groups in total. The molecule has 0 saturated carbocycles. The van der Waals surface area contributed by atoms with Gasteiger partial charge in [-0.1, -0.05) is 19.9 Å². The second-order valence-electron chi connectivity index (χ2n) is 6.11. The molecule has 7 heteroatoms. The molecule has 1 aromatic heterocycles. The van der Waals surface area contributed by atoms with Crippen molar-refractivity contribution in [1.82, 2.24) is 0 Å². The number of carbonyl (C=O) groups excluding carboxylic acids is 2. The number of thiophene rings is 1. The molecule has 29 heavy (non-hydrogen) atoms. The van der Waals surface area contributed by atoms with Crippen LogP contribution in [0, 0.1) is 0 Å². The molecule has 0 unspecified atom stereocenters. The molecule has 1 heterocycles. The Hall–Kier alpha value is -2.80. The summed E-state index contributed by atoms with van der Waals surface area (Å²) in [6, 6.07) is 7.24. The van der Waals surface area contributed by atoms with Gasteiger partial charge in [-0.25, -0.2) is 4.79 Å². The molecule has 0 aliphatic heterocycles. The third kappa shape index (κ3) is 6.35. The summed E-state index contributed by atoms with van der Waals surface area (Å²) >= 11 is 1.38. The number of rotatable bonds is 10. The van der Waals surface area contributed by atoms with Gasteiger partial charge in [0.2, 0.25) is 5.91 Å². The maximum absolute atomic E-state index is 12.4. The smallest absolute Gasteiger partial charge is 0.341 e. The maximum Gasteiger partial charge on any atom is 0.341 e. The van der Waals surface area contributed by atoms with Crippen LogP contribution in [0.5, 0.6) is 11.5 Å². The summed E-state index contributed by atoms with van der Waals surface area (Å²) in [5.41, 5.74) is 1.18. The van der Waals surface area contributed by atoms with Gasteiger partial charge in [0.1, 0.15) is 5.00 Å². The minimum Gasteiger partial charge on any atom is -0.493 e. The van der Waals surface area contributed by atoms with Crippen molar-refractivity contribution in [2.45, 2.75) is 33.6 Å². The zero-order chi connectivity index (χ0) is 21.2. The van der Waals surface area contributed by atoms with E-state index in [0.717, 1.165) is 23.3 Å². The van der Waals surface area contributed by atoms with Gasteiger partial charge >= 0.3 is 5.97 Å². The highest BCUT2D eigenvalue weighted by Gasteiger charge is 2.18. The van der Waals surface area contributed by atoms with Crippen LogP contribution < -0.4 is 14.8 Å². The Labute approximate surface area is 175 Å². The number of hydrogen-bond acceptors (Lipinski definition) is 6. The molecule has 0 bridgehead atoms. The molecule has 6 nitrogen and oxygen atoms in total. The largest absolute Gasteiger partial charge is 0.493 e. The highest BCUT2D eigenvalue weighted by Crippen LogP contribution is 2.30. The third-order valence-corrected chi connectivity index (χ3v) is 5.13. The van der Waals surface area contributed by atoms with Gasteiger partial charge in [0, 0.05) is 11.0 Å². The lowest BCUT2D eigenvalue weighted by atomic mass is 10.2. The summed E-state index contributed by atoms with van der Waals surface area (Å²) in [5, 5.41) is 3.27. The molecule has 1 aromatic carbocycles. The van der Waals surface area contributed by atoms with Gasteiger partial charge in [-0.2, -0.15) is 0 Å². The molecule has 0 atom stereocenters. The summed E-state index contributed by atoms with van der Waals surface area (Å²) in [6.45, 7) is 6.67. The van der Waals surface area contributed by atoms with E-state index in [-0.39, 0.29) is 12.5 Å². The average molecular weight is 418 g/mol. The number of nitrogens with one attached hydrogen (secondary N) is 1. The van der Waals surface area contributed by atoms with Crippen molar-refractivity contribution in [3.05, 3.63) is 46.3 Å². The molecule has 0 fully saturated rings. The van der Waals surface area contributed by atoms with E-state index in [1.807, 2.05) is 26.0 Å². The van der Waals surface area contributed by atoms with Crippen LogP contribution in [-0.2, 0) is 16.0 Å². The SMILES string of the molecule is CCCOc1ccc(C=CC(=O)Nc2sc(CC)cc2C(=O)OCC)cc1OC. The fourth-order valence-electron chi connectivity index (χ4n) is 2.51. The molecule has 0 saturated heterocycles. The van der Waals surface area contributed by atoms with Crippen LogP contribution >= 0.6 is 11.3 Å². The predicted octanol–water partition coefficient (Wildman–Crippen LogP) is 4.94. The normalized spacial score (nSPS) is 10.8. The Bertz CT molecular complexity index is 872. The van der Waals surface area contributed by atoms with Crippen molar-refractivity contribution < 1.29 is 23.8 Å². The second kappa shape index (κ2) is 11.3. The summed E-state index contributed by atoms with van der Waals surface area (Å²) in [6.07, 6.45) is 4.78. The number of hydrogen-bond donors (Lipinski definition) is 1. The first kappa shape index (κ1) is 22.5. The number of aryl methyl sites for hydroxylation is 1. The maximum atomic E-state index is 12.4. The van der Waals surface area contributed by atoms with Crippen molar-refractivity contribution in [1.29, 1.82) is 0 Å². The third-order valence-electron chi connectivity index (χ3n) is 3.94. The monoisotopic (exact) mass is 417 g/mol. The van der Waals surface area contributed by atoms with Crippen molar-refractivity contribution >= 4 is 34.3 Å². The quantitative estimate of drug-likeness (QED) is 0.438. The Morgan fingerprint density at radius 1 is 1.14 bits per heavy atom. The van der Waals surface area contributed by atoms with E-state index in [0.29, 0.717) is 28.7 Å². The van der Waals surface area contributed by atoms with E-state index in [9.17, 15) is 9.59 Å². The summed E-state index contributed by atoms with van der Waals surface area (Å²) in [5.74, 6) is 0.512. The number of anilines is 1. The zero-order valence-corrected chi connectivity index (χ0v) is 18.1. The molecular weight excluding hydrogens is 390 g/mol. The van der Waals surface area contributed by atoms with E-state index in [1.165, 1.54) is 17.4 Å². The van der Waals surface area contributed by atoms with Crippen LogP contribution in [0.4, 0.5) is 5.00 Å². The van der Waals surface area contributed by atoms with Crippen LogP contribution in [0.25, 0.3) is 6.08 Å². The fourth-order valence-corrected chi connectivity index (χ4v) is 3.50. The Kier molecular flexibility index (Phi) is 8.73. The molecule has 0 radical (unpaired) electrons. The van der Waals surface area contributed by atoms with E-state index in [1.54, 1.807) is 32.2 Å². The predicted molar refractivity (Wildman–Crippen MR) is 116 cm³/mol. The highest BCUT2D eigenvalue weighted by molar-refractivity contribution is 7.16. The van der Waals surface area contributed by atoms with E-state index < -0.39 is 5.97 Å². The number of methoxy groups -OCH3 is 1. The van der Waals surface area contributed by atoms with Gasteiger partial charge in [0.05, 0.1) is 25.9 Å². The van der Waals surface area contributed by atoms with Crippen LogP contribution in [-0.4, -0.2) is 32.2 Å². The van der Waals surface area contributed by atoms with E-state index in [4.69, 9.17) is 14.2 Å². The fraction of sp³-hybridized carbons (Fsp3) is 0.364. The summed E-state index contributed by atoms with van der Waals surface area (Å²) in [4.78, 5) is 25.5. The number of amides is 1. The van der Waals surface area contributed by atoms with Gasteiger partial charge in [0.15, 0.2) is 11.5 Å². The van der Waals surface area contributed by atoms with Crippen molar-refractivity contribution in [3.63, 3.8) is 0 Å². The molecule has 0 aliphatic carbocycles. The second-order valence-corrected chi connectivity index (χ2v) is 7.25. The van der Waals surface area contributed by atoms with Crippen molar-refractivity contribution in [2.24, 2.45) is 0 Å². The lowest BCUT2D eigenvalue weighted by molar-refractivity contribution is -0.111. The summed E-state index contributed by atoms with van der Waals surface area (Å²) < 4.78 is 16.1. The van der Waals surface area contributed by atoms with Crippen molar-refractivity contribution in [3.8, 4) is 11.5 Å². The highest BCUT2D eigenvalue weighted by atomic mass is 32.1. The van der Waals surface area contributed by atoms with Crippen LogP contribution in [0.15, 0.2) is 30.3 Å². The summed E-state index contributed by atoms with van der Waals surface area (Å²) in [7, 11) is 1.58. The number of benzene rings is 1. The zero-order valence-electron chi connectivity index (χ0n) is 17.2. The average Bonchev–Trinajstić information content (AvgIpc) is 3.14. The molecular formula is C22H27NO5S. The minimum atomic E-state index is -0.435. The van der Waals surface area contributed by atoms with E-state index in [2.05, 4.69) is 5.32 Å². The first-order valence-electron chi connectivity index (χ1n) is 9.62. The van der Waals surface area contributed by atoms with Gasteiger partial charge in [-0.05, 0) is 49.6 Å². The Morgan fingerprint density at radius 3 is 2.59 bits per heavy atom. The first-order valence-corrected chi connectivity index (χ1v) is 10.4. The molecule has 2 rings (SSSR count). The number of esters is 1. The van der Waals surface area contributed by atoms with Gasteiger partial charge in [-0.3, -0.25) is 4.79 Å². The first-order chi connectivity index (χ1) is 14.0. The van der Waals surface area contributed by atoms with Gasteiger partial charge < -0.3 is 19.5 Å². The molecule has 0 aliphatic rings. The Morgan fingerprint density at radius 2 is 1.93 bits per heavy atom.